The summed E-state index contributed by atoms with van der Waals surface area (Å²) in [6.07, 6.45) is 0. The number of piperazine rings is 1. The number of anilines is 1. The molecule has 0 radical (unpaired) electrons. The molecule has 1 saturated heterocycles. The van der Waals surface area contributed by atoms with Crippen molar-refractivity contribution in [1.82, 2.24) is 9.80 Å². The number of hydrogen-bond acceptors (Lipinski definition) is 4. The second kappa shape index (κ2) is 7.11. The van der Waals surface area contributed by atoms with Crippen LogP contribution in [0.15, 0.2) is 18.2 Å². The third kappa shape index (κ3) is 4.33. The van der Waals surface area contributed by atoms with Gasteiger partial charge in [-0.15, -0.1) is 0 Å². The van der Waals surface area contributed by atoms with Crippen LogP contribution in [0.4, 0.5) is 5.69 Å². The lowest BCUT2D eigenvalue weighted by Gasteiger charge is -2.36. The fraction of sp³-hybridized carbons (Fsp3) is 0.533. The molecule has 21 heavy (non-hydrogen) atoms. The third-order valence-electron chi connectivity index (χ3n) is 3.78. The molecular formula is C15H22ClN3O2. The molecule has 0 aliphatic carbocycles. The van der Waals surface area contributed by atoms with Crippen molar-refractivity contribution in [3.05, 3.63) is 28.8 Å². The largest absolute Gasteiger partial charge is 0.478 e. The van der Waals surface area contributed by atoms with Crippen LogP contribution in [-0.4, -0.2) is 74.2 Å². The Labute approximate surface area is 130 Å². The number of carboxylic acids is 1. The molecule has 1 aliphatic rings. The summed E-state index contributed by atoms with van der Waals surface area (Å²) in [4.78, 5) is 17.9. The predicted molar refractivity (Wildman–Crippen MR) is 85.6 cm³/mol. The average Bonchev–Trinajstić information content (AvgIpc) is 2.45. The minimum absolute atomic E-state index is 0.157. The van der Waals surface area contributed by atoms with Crippen LogP contribution in [0.25, 0.3) is 0 Å². The van der Waals surface area contributed by atoms with E-state index in [1.165, 1.54) is 0 Å². The number of aromatic carboxylic acids is 1. The zero-order valence-electron chi connectivity index (χ0n) is 12.5. The van der Waals surface area contributed by atoms with Crippen molar-refractivity contribution >= 4 is 23.3 Å². The third-order valence-corrected chi connectivity index (χ3v) is 4.10. The Bertz CT molecular complexity index is 500. The number of rotatable bonds is 5. The number of hydrogen-bond donors (Lipinski definition) is 1. The molecule has 5 nitrogen and oxygen atoms in total. The van der Waals surface area contributed by atoms with Gasteiger partial charge in [-0.25, -0.2) is 4.79 Å². The van der Waals surface area contributed by atoms with E-state index in [2.05, 4.69) is 28.8 Å². The zero-order valence-corrected chi connectivity index (χ0v) is 13.3. The van der Waals surface area contributed by atoms with Crippen molar-refractivity contribution in [2.24, 2.45) is 0 Å². The molecule has 1 aliphatic heterocycles. The maximum Gasteiger partial charge on any atom is 0.337 e. The van der Waals surface area contributed by atoms with Crippen LogP contribution in [0, 0.1) is 0 Å². The van der Waals surface area contributed by atoms with Gasteiger partial charge >= 0.3 is 5.97 Å². The number of benzene rings is 1. The van der Waals surface area contributed by atoms with Crippen LogP contribution in [0.2, 0.25) is 5.02 Å². The molecule has 0 unspecified atom stereocenters. The summed E-state index contributed by atoms with van der Waals surface area (Å²) in [6, 6.07) is 5.17. The molecule has 0 aromatic heterocycles. The van der Waals surface area contributed by atoms with E-state index in [0.717, 1.165) is 45.0 Å². The van der Waals surface area contributed by atoms with E-state index in [1.54, 1.807) is 12.1 Å². The highest BCUT2D eigenvalue weighted by molar-refractivity contribution is 6.33. The van der Waals surface area contributed by atoms with Crippen LogP contribution >= 0.6 is 11.6 Å². The van der Waals surface area contributed by atoms with E-state index in [-0.39, 0.29) is 5.56 Å². The monoisotopic (exact) mass is 311 g/mol. The van der Waals surface area contributed by atoms with E-state index in [0.29, 0.717) is 5.02 Å². The van der Waals surface area contributed by atoms with Crippen molar-refractivity contribution in [2.75, 3.05) is 58.3 Å². The predicted octanol–water partition coefficient (Wildman–Crippen LogP) is 1.72. The van der Waals surface area contributed by atoms with Gasteiger partial charge in [0.1, 0.15) is 0 Å². The van der Waals surface area contributed by atoms with Crippen molar-refractivity contribution in [2.45, 2.75) is 0 Å². The fourth-order valence-corrected chi connectivity index (χ4v) is 2.70. The molecule has 1 heterocycles. The molecule has 1 aromatic rings. The van der Waals surface area contributed by atoms with E-state index < -0.39 is 5.97 Å². The van der Waals surface area contributed by atoms with Gasteiger partial charge < -0.3 is 14.9 Å². The summed E-state index contributed by atoms with van der Waals surface area (Å²) < 4.78 is 0. The molecule has 6 heteroatoms. The molecule has 2 rings (SSSR count). The molecular weight excluding hydrogens is 290 g/mol. The maximum atomic E-state index is 11.0. The van der Waals surface area contributed by atoms with E-state index >= 15 is 0 Å². The van der Waals surface area contributed by atoms with Crippen LogP contribution in [0.3, 0.4) is 0 Å². The van der Waals surface area contributed by atoms with E-state index in [1.807, 2.05) is 6.07 Å². The van der Waals surface area contributed by atoms with Gasteiger partial charge in [0.2, 0.25) is 0 Å². The van der Waals surface area contributed by atoms with Crippen LogP contribution < -0.4 is 4.90 Å². The summed E-state index contributed by atoms with van der Waals surface area (Å²) >= 11 is 6.03. The highest BCUT2D eigenvalue weighted by Crippen LogP contribution is 2.24. The summed E-state index contributed by atoms with van der Waals surface area (Å²) in [6.45, 7) is 6.07. The quantitative estimate of drug-likeness (QED) is 0.897. The fourth-order valence-electron chi connectivity index (χ4n) is 2.45. The van der Waals surface area contributed by atoms with Crippen molar-refractivity contribution in [3.63, 3.8) is 0 Å². The second-order valence-electron chi connectivity index (χ2n) is 5.60. The Hall–Kier alpha value is -1.30. The van der Waals surface area contributed by atoms with Gasteiger partial charge in [-0.1, -0.05) is 11.6 Å². The Balaban J connectivity index is 1.93. The Kier molecular flexibility index (Phi) is 5.45. The second-order valence-corrected chi connectivity index (χ2v) is 6.01. The average molecular weight is 312 g/mol. The van der Waals surface area contributed by atoms with Gasteiger partial charge in [0, 0.05) is 45.0 Å². The lowest BCUT2D eigenvalue weighted by Crippen LogP contribution is -2.48. The molecule has 0 spiro atoms. The van der Waals surface area contributed by atoms with Crippen molar-refractivity contribution in [1.29, 1.82) is 0 Å². The van der Waals surface area contributed by atoms with Crippen LogP contribution in [0.5, 0.6) is 0 Å². The van der Waals surface area contributed by atoms with Gasteiger partial charge in [-0.2, -0.15) is 0 Å². The van der Waals surface area contributed by atoms with Gasteiger partial charge in [0.15, 0.2) is 0 Å². The van der Waals surface area contributed by atoms with Gasteiger partial charge in [-0.05, 0) is 32.3 Å². The van der Waals surface area contributed by atoms with Crippen molar-refractivity contribution < 1.29 is 9.90 Å². The highest BCUT2D eigenvalue weighted by Gasteiger charge is 2.18. The minimum atomic E-state index is -0.986. The number of carbonyl (C=O) groups is 1. The van der Waals surface area contributed by atoms with E-state index in [4.69, 9.17) is 16.7 Å². The number of halogens is 1. The summed E-state index contributed by atoms with van der Waals surface area (Å²) in [5.41, 5.74) is 1.15. The number of likely N-dealkylation sites (N-methyl/N-ethyl adjacent to an activating group) is 1. The normalized spacial score (nSPS) is 16.5. The summed E-state index contributed by atoms with van der Waals surface area (Å²) in [5.74, 6) is -0.986. The molecule has 0 saturated carbocycles. The SMILES string of the molecule is CN(C)CCN1CCN(c2ccc(C(=O)O)c(Cl)c2)CC1. The standard InChI is InChI=1S/C15H22ClN3O2/c1-17(2)5-6-18-7-9-19(10-8-18)12-3-4-13(15(20)21)14(16)11-12/h3-4,11H,5-10H2,1-2H3,(H,20,21). The molecule has 0 amide bonds. The highest BCUT2D eigenvalue weighted by atomic mass is 35.5. The number of nitrogens with zero attached hydrogens (tertiary/aromatic N) is 3. The first kappa shape index (κ1) is 16.1. The molecule has 116 valence electrons. The van der Waals surface area contributed by atoms with Crippen molar-refractivity contribution in [3.8, 4) is 0 Å². The van der Waals surface area contributed by atoms with Gasteiger partial charge in [0.25, 0.3) is 0 Å². The molecule has 1 N–H and O–H groups in total. The summed E-state index contributed by atoms with van der Waals surface area (Å²) in [5, 5.41) is 9.30. The molecule has 0 atom stereocenters. The van der Waals surface area contributed by atoms with Gasteiger partial charge in [-0.3, -0.25) is 4.90 Å². The van der Waals surface area contributed by atoms with E-state index in [9.17, 15) is 4.79 Å². The minimum Gasteiger partial charge on any atom is -0.478 e. The van der Waals surface area contributed by atoms with Crippen LogP contribution in [0.1, 0.15) is 10.4 Å². The molecule has 0 bridgehead atoms. The maximum absolute atomic E-state index is 11.0. The molecule has 1 aromatic carbocycles. The Morgan fingerprint density at radius 2 is 1.95 bits per heavy atom. The Morgan fingerprint density at radius 3 is 2.48 bits per heavy atom. The van der Waals surface area contributed by atoms with Gasteiger partial charge in [0.05, 0.1) is 10.6 Å². The lowest BCUT2D eigenvalue weighted by atomic mass is 10.1. The topological polar surface area (TPSA) is 47.0 Å². The lowest BCUT2D eigenvalue weighted by molar-refractivity contribution is 0.0697. The Morgan fingerprint density at radius 1 is 1.29 bits per heavy atom. The smallest absolute Gasteiger partial charge is 0.337 e. The number of carboxylic acid groups (broad SMARTS) is 1. The molecule has 1 fully saturated rings. The first-order chi connectivity index (χ1) is 9.97. The summed E-state index contributed by atoms with van der Waals surface area (Å²) in [7, 11) is 4.17. The first-order valence-corrected chi connectivity index (χ1v) is 7.50. The van der Waals surface area contributed by atoms with Crippen LogP contribution in [-0.2, 0) is 0 Å². The zero-order chi connectivity index (χ0) is 15.4. The first-order valence-electron chi connectivity index (χ1n) is 7.12.